The highest BCUT2D eigenvalue weighted by molar-refractivity contribution is 5.96. The first-order chi connectivity index (χ1) is 11.5. The molecule has 24 heavy (non-hydrogen) atoms. The molecule has 3 aromatic rings. The van der Waals surface area contributed by atoms with Gasteiger partial charge in [-0.15, -0.1) is 0 Å². The zero-order valence-electron chi connectivity index (χ0n) is 13.0. The molecule has 0 aliphatic rings. The number of hydrogen-bond donors (Lipinski definition) is 0. The van der Waals surface area contributed by atoms with Crippen molar-refractivity contribution in [2.24, 2.45) is 0 Å². The Morgan fingerprint density at radius 3 is 2.62 bits per heavy atom. The van der Waals surface area contributed by atoms with Crippen LogP contribution in [0.1, 0.15) is 21.5 Å². The molecular formula is C17H14F2N2O3. The molecule has 0 aliphatic heterocycles. The van der Waals surface area contributed by atoms with Crippen LogP contribution in [0.2, 0.25) is 0 Å². The van der Waals surface area contributed by atoms with Gasteiger partial charge in [0.05, 0.1) is 24.4 Å². The summed E-state index contributed by atoms with van der Waals surface area (Å²) in [6.07, 6.45) is 1.36. The van der Waals surface area contributed by atoms with Gasteiger partial charge in [-0.2, -0.15) is 5.10 Å². The number of aryl methyl sites for hydroxylation is 1. The lowest BCUT2D eigenvalue weighted by Gasteiger charge is -2.10. The topological polar surface area (TPSA) is 52.8 Å². The minimum absolute atomic E-state index is 0.174. The third-order valence-electron chi connectivity index (χ3n) is 3.56. The summed E-state index contributed by atoms with van der Waals surface area (Å²) in [4.78, 5) is 11.8. The molecule has 0 aliphatic carbocycles. The van der Waals surface area contributed by atoms with E-state index in [1.54, 1.807) is 12.1 Å². The number of fused-ring (bicyclic) bond motifs is 1. The van der Waals surface area contributed by atoms with E-state index in [2.05, 4.69) is 5.10 Å². The SMILES string of the molecule is COC(=O)c1cnn2c(OCc3c(F)cccc3F)cc(C)cc12. The Morgan fingerprint density at radius 1 is 1.25 bits per heavy atom. The number of nitrogens with zero attached hydrogens (tertiary/aromatic N) is 2. The molecular weight excluding hydrogens is 318 g/mol. The van der Waals surface area contributed by atoms with Crippen LogP contribution in [0.15, 0.2) is 36.5 Å². The highest BCUT2D eigenvalue weighted by atomic mass is 19.1. The number of ether oxygens (including phenoxy) is 2. The van der Waals surface area contributed by atoms with Crippen LogP contribution in [0.25, 0.3) is 5.52 Å². The van der Waals surface area contributed by atoms with E-state index in [1.807, 2.05) is 6.92 Å². The van der Waals surface area contributed by atoms with Crippen molar-refractivity contribution < 1.29 is 23.0 Å². The van der Waals surface area contributed by atoms with Crippen molar-refractivity contribution >= 4 is 11.5 Å². The predicted molar refractivity (Wildman–Crippen MR) is 82.0 cm³/mol. The fourth-order valence-electron chi connectivity index (χ4n) is 2.37. The van der Waals surface area contributed by atoms with Crippen LogP contribution in [0.5, 0.6) is 5.88 Å². The second kappa shape index (κ2) is 6.27. The first kappa shape index (κ1) is 15.9. The monoisotopic (exact) mass is 332 g/mol. The average Bonchev–Trinajstić information content (AvgIpc) is 2.97. The van der Waals surface area contributed by atoms with Gasteiger partial charge in [0.15, 0.2) is 0 Å². The van der Waals surface area contributed by atoms with Crippen LogP contribution in [-0.4, -0.2) is 22.7 Å². The normalized spacial score (nSPS) is 10.8. The maximum atomic E-state index is 13.7. The molecule has 0 atom stereocenters. The molecule has 0 radical (unpaired) electrons. The van der Waals surface area contributed by atoms with Gasteiger partial charge < -0.3 is 9.47 Å². The molecule has 2 heterocycles. The van der Waals surface area contributed by atoms with Crippen molar-refractivity contribution in [1.82, 2.24) is 9.61 Å². The molecule has 0 saturated carbocycles. The molecule has 124 valence electrons. The van der Waals surface area contributed by atoms with E-state index in [4.69, 9.17) is 9.47 Å². The summed E-state index contributed by atoms with van der Waals surface area (Å²) >= 11 is 0. The number of benzene rings is 1. The van der Waals surface area contributed by atoms with Crippen LogP contribution in [0.4, 0.5) is 8.78 Å². The molecule has 0 spiro atoms. The number of carbonyl (C=O) groups excluding carboxylic acids is 1. The molecule has 3 rings (SSSR count). The van der Waals surface area contributed by atoms with E-state index in [0.717, 1.165) is 17.7 Å². The Kier molecular flexibility index (Phi) is 4.16. The van der Waals surface area contributed by atoms with Gasteiger partial charge in [-0.25, -0.2) is 18.1 Å². The molecule has 0 N–H and O–H groups in total. The third kappa shape index (κ3) is 2.80. The summed E-state index contributed by atoms with van der Waals surface area (Å²) in [5, 5.41) is 4.09. The fraction of sp³-hybridized carbons (Fsp3) is 0.176. The van der Waals surface area contributed by atoms with Crippen LogP contribution >= 0.6 is 0 Å². The van der Waals surface area contributed by atoms with Crippen molar-refractivity contribution in [2.75, 3.05) is 7.11 Å². The Labute approximate surface area is 136 Å². The summed E-state index contributed by atoms with van der Waals surface area (Å²) in [7, 11) is 1.28. The average molecular weight is 332 g/mol. The minimum atomic E-state index is -0.686. The molecule has 0 amide bonds. The molecule has 5 nitrogen and oxygen atoms in total. The molecule has 0 fully saturated rings. The van der Waals surface area contributed by atoms with Gasteiger partial charge in [0.25, 0.3) is 0 Å². The number of hydrogen-bond acceptors (Lipinski definition) is 4. The highest BCUT2D eigenvalue weighted by Crippen LogP contribution is 2.23. The van der Waals surface area contributed by atoms with Gasteiger partial charge in [-0.05, 0) is 30.7 Å². The standard InChI is InChI=1S/C17H14F2N2O3/c1-10-6-15-11(17(22)23-2)8-20-21(15)16(7-10)24-9-12-13(18)4-3-5-14(12)19/h3-8H,9H2,1-2H3. The van der Waals surface area contributed by atoms with Gasteiger partial charge in [-0.3, -0.25) is 0 Å². The number of carbonyl (C=O) groups is 1. The zero-order valence-corrected chi connectivity index (χ0v) is 13.0. The summed E-state index contributed by atoms with van der Waals surface area (Å²) < 4.78 is 39.0. The highest BCUT2D eigenvalue weighted by Gasteiger charge is 2.17. The molecule has 1 aromatic carbocycles. The molecule has 2 aromatic heterocycles. The largest absolute Gasteiger partial charge is 0.473 e. The van der Waals surface area contributed by atoms with Crippen molar-refractivity contribution in [3.8, 4) is 5.88 Å². The van der Waals surface area contributed by atoms with E-state index in [-0.39, 0.29) is 23.6 Å². The second-order valence-corrected chi connectivity index (χ2v) is 5.21. The molecule has 0 bridgehead atoms. The van der Waals surface area contributed by atoms with Crippen molar-refractivity contribution in [3.63, 3.8) is 0 Å². The first-order valence-electron chi connectivity index (χ1n) is 7.13. The number of aromatic nitrogens is 2. The van der Waals surface area contributed by atoms with E-state index in [9.17, 15) is 13.6 Å². The van der Waals surface area contributed by atoms with Crippen molar-refractivity contribution in [1.29, 1.82) is 0 Å². The lowest BCUT2D eigenvalue weighted by Crippen LogP contribution is -2.06. The first-order valence-corrected chi connectivity index (χ1v) is 7.13. The van der Waals surface area contributed by atoms with Crippen LogP contribution in [-0.2, 0) is 11.3 Å². The van der Waals surface area contributed by atoms with Gasteiger partial charge in [0, 0.05) is 6.07 Å². The van der Waals surface area contributed by atoms with E-state index in [0.29, 0.717) is 5.52 Å². The van der Waals surface area contributed by atoms with Crippen LogP contribution < -0.4 is 4.74 Å². The molecule has 0 saturated heterocycles. The van der Waals surface area contributed by atoms with Crippen LogP contribution in [0, 0.1) is 18.6 Å². The molecule has 0 unspecified atom stereocenters. The number of methoxy groups -OCH3 is 1. The Bertz CT molecular complexity index is 901. The lowest BCUT2D eigenvalue weighted by atomic mass is 10.2. The maximum Gasteiger partial charge on any atom is 0.341 e. The summed E-state index contributed by atoms with van der Waals surface area (Å²) in [6.45, 7) is 1.51. The fourth-order valence-corrected chi connectivity index (χ4v) is 2.37. The Hall–Kier alpha value is -2.96. The predicted octanol–water partition coefficient (Wildman–Crippen LogP) is 3.29. The smallest absolute Gasteiger partial charge is 0.341 e. The lowest BCUT2D eigenvalue weighted by molar-refractivity contribution is 0.0603. The van der Waals surface area contributed by atoms with E-state index < -0.39 is 17.6 Å². The van der Waals surface area contributed by atoms with Crippen molar-refractivity contribution in [3.05, 3.63) is 64.9 Å². The maximum absolute atomic E-state index is 13.7. The Morgan fingerprint density at radius 2 is 1.96 bits per heavy atom. The second-order valence-electron chi connectivity index (χ2n) is 5.21. The molecule has 7 heteroatoms. The zero-order chi connectivity index (χ0) is 17.3. The number of esters is 1. The van der Waals surface area contributed by atoms with Crippen molar-refractivity contribution in [2.45, 2.75) is 13.5 Å². The third-order valence-corrected chi connectivity index (χ3v) is 3.56. The summed E-state index contributed by atoms with van der Waals surface area (Å²) in [5.41, 5.74) is 1.40. The van der Waals surface area contributed by atoms with Gasteiger partial charge in [-0.1, -0.05) is 6.07 Å². The van der Waals surface area contributed by atoms with E-state index in [1.165, 1.54) is 23.9 Å². The van der Waals surface area contributed by atoms with Gasteiger partial charge in [0.1, 0.15) is 23.8 Å². The van der Waals surface area contributed by atoms with Crippen LogP contribution in [0.3, 0.4) is 0 Å². The van der Waals surface area contributed by atoms with E-state index >= 15 is 0 Å². The number of halogens is 2. The summed E-state index contributed by atoms with van der Waals surface area (Å²) in [5.74, 6) is -1.63. The number of pyridine rings is 1. The van der Waals surface area contributed by atoms with Gasteiger partial charge in [0.2, 0.25) is 5.88 Å². The summed E-state index contributed by atoms with van der Waals surface area (Å²) in [6, 6.07) is 7.03. The quantitative estimate of drug-likeness (QED) is 0.688. The Balaban J connectivity index is 1.98. The van der Waals surface area contributed by atoms with Gasteiger partial charge >= 0.3 is 5.97 Å². The minimum Gasteiger partial charge on any atom is -0.473 e. The number of rotatable bonds is 4.